The van der Waals surface area contributed by atoms with Gasteiger partial charge in [-0.25, -0.2) is 4.68 Å². The van der Waals surface area contributed by atoms with Gasteiger partial charge < -0.3 is 17.2 Å². The summed E-state index contributed by atoms with van der Waals surface area (Å²) in [5.41, 5.74) is 16.9. The van der Waals surface area contributed by atoms with Gasteiger partial charge in [0.15, 0.2) is 0 Å². The summed E-state index contributed by atoms with van der Waals surface area (Å²) in [5, 5.41) is 3.86. The second-order valence-corrected chi connectivity index (χ2v) is 2.17. The van der Waals surface area contributed by atoms with Gasteiger partial charge in [0.2, 0.25) is 0 Å². The minimum absolute atomic E-state index is 0.225. The molecule has 0 bridgehead atoms. The molecule has 1 unspecified atom stereocenters. The van der Waals surface area contributed by atoms with Crippen molar-refractivity contribution in [2.24, 2.45) is 5.73 Å². The lowest BCUT2D eigenvalue weighted by molar-refractivity contribution is 0.517. The van der Waals surface area contributed by atoms with Crippen molar-refractivity contribution in [2.45, 2.75) is 13.1 Å². The van der Waals surface area contributed by atoms with Crippen LogP contribution in [0.25, 0.3) is 0 Å². The lowest BCUT2D eigenvalue weighted by Crippen LogP contribution is -2.17. The van der Waals surface area contributed by atoms with Gasteiger partial charge in [0.1, 0.15) is 5.82 Å². The zero-order chi connectivity index (χ0) is 7.72. The third-order valence-corrected chi connectivity index (χ3v) is 1.25. The summed E-state index contributed by atoms with van der Waals surface area (Å²) in [5.74, 6) is 0.426. The smallest absolute Gasteiger partial charge is 0.146 e. The molecule has 1 heterocycles. The molecule has 0 saturated carbocycles. The van der Waals surface area contributed by atoms with Crippen LogP contribution in [0.4, 0.5) is 11.5 Å². The third kappa shape index (κ3) is 0.906. The summed E-state index contributed by atoms with van der Waals surface area (Å²) < 4.78 is 1.47. The summed E-state index contributed by atoms with van der Waals surface area (Å²) in [6, 6.07) is 0. The lowest BCUT2D eigenvalue weighted by Gasteiger charge is -2.06. The second kappa shape index (κ2) is 2.18. The normalized spacial score (nSPS) is 13.4. The maximum Gasteiger partial charge on any atom is 0.146 e. The van der Waals surface area contributed by atoms with E-state index in [9.17, 15) is 0 Å². The van der Waals surface area contributed by atoms with Crippen LogP contribution in [-0.4, -0.2) is 9.78 Å². The van der Waals surface area contributed by atoms with E-state index < -0.39 is 0 Å². The van der Waals surface area contributed by atoms with Gasteiger partial charge in [-0.1, -0.05) is 0 Å². The highest BCUT2D eigenvalue weighted by Crippen LogP contribution is 2.14. The molecule has 5 nitrogen and oxygen atoms in total. The first-order valence-electron chi connectivity index (χ1n) is 2.97. The fourth-order valence-corrected chi connectivity index (χ4v) is 0.710. The summed E-state index contributed by atoms with van der Waals surface area (Å²) in [7, 11) is 0. The molecule has 1 aromatic rings. The van der Waals surface area contributed by atoms with Crippen LogP contribution in [0.15, 0.2) is 6.20 Å². The standard InChI is InChI=1S/C5H11N5/c1-3(6)10-5(8)4(7)2-9-10/h2-3H,6-8H2,1H3. The first-order valence-corrected chi connectivity index (χ1v) is 2.97. The van der Waals surface area contributed by atoms with Crippen molar-refractivity contribution in [1.82, 2.24) is 9.78 Å². The average Bonchev–Trinajstić information content (AvgIpc) is 2.14. The Morgan fingerprint density at radius 1 is 1.60 bits per heavy atom. The van der Waals surface area contributed by atoms with E-state index in [4.69, 9.17) is 17.2 Å². The van der Waals surface area contributed by atoms with Crippen LogP contribution >= 0.6 is 0 Å². The molecule has 0 fully saturated rings. The van der Waals surface area contributed by atoms with Crippen molar-refractivity contribution in [2.75, 3.05) is 11.5 Å². The SMILES string of the molecule is CC(N)n1ncc(N)c1N. The van der Waals surface area contributed by atoms with Gasteiger partial charge in [-0.3, -0.25) is 0 Å². The maximum atomic E-state index is 5.50. The van der Waals surface area contributed by atoms with Gasteiger partial charge in [-0.2, -0.15) is 5.10 Å². The van der Waals surface area contributed by atoms with Crippen molar-refractivity contribution in [3.63, 3.8) is 0 Å². The Bertz CT molecular complexity index is 226. The highest BCUT2D eigenvalue weighted by molar-refractivity contribution is 5.57. The Morgan fingerprint density at radius 3 is 2.40 bits per heavy atom. The highest BCUT2D eigenvalue weighted by atomic mass is 15.4. The molecule has 1 atom stereocenters. The van der Waals surface area contributed by atoms with Gasteiger partial charge in [-0.15, -0.1) is 0 Å². The topological polar surface area (TPSA) is 95.9 Å². The zero-order valence-electron chi connectivity index (χ0n) is 5.78. The first-order chi connectivity index (χ1) is 4.63. The number of hydrogen-bond donors (Lipinski definition) is 3. The minimum atomic E-state index is -0.225. The summed E-state index contributed by atoms with van der Waals surface area (Å²) in [6.45, 7) is 1.78. The van der Waals surface area contributed by atoms with E-state index in [-0.39, 0.29) is 6.17 Å². The number of hydrogen-bond acceptors (Lipinski definition) is 4. The largest absolute Gasteiger partial charge is 0.394 e. The van der Waals surface area contributed by atoms with Crippen LogP contribution in [-0.2, 0) is 0 Å². The molecule has 56 valence electrons. The van der Waals surface area contributed by atoms with Crippen LogP contribution in [0.5, 0.6) is 0 Å². The molecular formula is C5H11N5. The van der Waals surface area contributed by atoms with E-state index >= 15 is 0 Å². The Labute approximate surface area is 58.8 Å². The van der Waals surface area contributed by atoms with E-state index in [1.54, 1.807) is 6.92 Å². The first kappa shape index (κ1) is 6.88. The number of nitrogens with zero attached hydrogens (tertiary/aromatic N) is 2. The van der Waals surface area contributed by atoms with Gasteiger partial charge in [0, 0.05) is 0 Å². The van der Waals surface area contributed by atoms with E-state index in [2.05, 4.69) is 5.10 Å². The quantitative estimate of drug-likeness (QED) is 0.492. The molecule has 10 heavy (non-hydrogen) atoms. The Morgan fingerprint density at radius 2 is 2.20 bits per heavy atom. The van der Waals surface area contributed by atoms with Crippen molar-refractivity contribution < 1.29 is 0 Å². The van der Waals surface area contributed by atoms with E-state index in [0.717, 1.165) is 0 Å². The Balaban J connectivity index is 3.05. The molecule has 0 radical (unpaired) electrons. The molecular weight excluding hydrogens is 130 g/mol. The van der Waals surface area contributed by atoms with Crippen molar-refractivity contribution >= 4 is 11.5 Å². The van der Waals surface area contributed by atoms with E-state index in [0.29, 0.717) is 11.5 Å². The Kier molecular flexibility index (Phi) is 1.50. The highest BCUT2D eigenvalue weighted by Gasteiger charge is 2.05. The van der Waals surface area contributed by atoms with Crippen molar-refractivity contribution in [1.29, 1.82) is 0 Å². The van der Waals surface area contributed by atoms with Gasteiger partial charge in [-0.05, 0) is 6.92 Å². The number of rotatable bonds is 1. The van der Waals surface area contributed by atoms with Crippen LogP contribution < -0.4 is 17.2 Å². The van der Waals surface area contributed by atoms with E-state index in [1.807, 2.05) is 0 Å². The molecule has 0 aromatic carbocycles. The number of nitrogen functional groups attached to an aromatic ring is 2. The number of aromatic nitrogens is 2. The molecule has 0 aliphatic carbocycles. The molecule has 0 amide bonds. The predicted molar refractivity (Wildman–Crippen MR) is 40.0 cm³/mol. The molecule has 0 aliphatic rings. The van der Waals surface area contributed by atoms with Gasteiger partial charge >= 0.3 is 0 Å². The fraction of sp³-hybridized carbons (Fsp3) is 0.400. The Hall–Kier alpha value is -1.23. The monoisotopic (exact) mass is 141 g/mol. The zero-order valence-corrected chi connectivity index (χ0v) is 5.78. The van der Waals surface area contributed by atoms with Crippen LogP contribution in [0.2, 0.25) is 0 Å². The maximum absolute atomic E-state index is 5.50. The molecule has 5 heteroatoms. The lowest BCUT2D eigenvalue weighted by atomic mass is 10.5. The number of nitrogens with two attached hydrogens (primary N) is 3. The van der Waals surface area contributed by atoms with Crippen molar-refractivity contribution in [3.05, 3.63) is 6.20 Å². The number of anilines is 2. The van der Waals surface area contributed by atoms with Gasteiger partial charge in [0.05, 0.1) is 18.1 Å². The fourth-order valence-electron chi connectivity index (χ4n) is 0.710. The molecule has 0 spiro atoms. The summed E-state index contributed by atoms with van der Waals surface area (Å²) >= 11 is 0. The minimum Gasteiger partial charge on any atom is -0.394 e. The second-order valence-electron chi connectivity index (χ2n) is 2.17. The molecule has 0 saturated heterocycles. The molecule has 1 rings (SSSR count). The molecule has 0 aliphatic heterocycles. The third-order valence-electron chi connectivity index (χ3n) is 1.25. The van der Waals surface area contributed by atoms with Crippen molar-refractivity contribution in [3.8, 4) is 0 Å². The van der Waals surface area contributed by atoms with Crippen LogP contribution in [0.3, 0.4) is 0 Å². The summed E-state index contributed by atoms with van der Waals surface area (Å²) in [6.07, 6.45) is 1.26. The van der Waals surface area contributed by atoms with Crippen LogP contribution in [0.1, 0.15) is 13.1 Å². The average molecular weight is 141 g/mol. The molecule has 6 N–H and O–H groups in total. The van der Waals surface area contributed by atoms with E-state index in [1.165, 1.54) is 10.9 Å². The predicted octanol–water partition coefficient (Wildman–Crippen LogP) is -0.475. The van der Waals surface area contributed by atoms with Gasteiger partial charge in [0.25, 0.3) is 0 Å². The molecule has 1 aromatic heterocycles. The van der Waals surface area contributed by atoms with Crippen LogP contribution in [0, 0.1) is 0 Å². The summed E-state index contributed by atoms with van der Waals surface area (Å²) in [4.78, 5) is 0.